The summed E-state index contributed by atoms with van der Waals surface area (Å²) in [5.74, 6) is -1.05. The van der Waals surface area contributed by atoms with Crippen LogP contribution in [0.3, 0.4) is 0 Å². The Balaban J connectivity index is 2.99. The molecular weight excluding hydrogens is 195 g/mol. The summed E-state index contributed by atoms with van der Waals surface area (Å²) < 4.78 is 13.3. The van der Waals surface area contributed by atoms with Crippen LogP contribution < -0.4 is 0 Å². The van der Waals surface area contributed by atoms with Crippen molar-refractivity contribution in [3.8, 4) is 0 Å². The zero-order valence-electron chi connectivity index (χ0n) is 7.28. The Kier molecular flexibility index (Phi) is 3.30. The normalized spacial score (nSPS) is 10.1. The van der Waals surface area contributed by atoms with Gasteiger partial charge in [-0.15, -0.1) is 0 Å². The van der Waals surface area contributed by atoms with Gasteiger partial charge in [-0.05, 0) is 13.2 Å². The van der Waals surface area contributed by atoms with Crippen LogP contribution in [-0.2, 0) is 11.5 Å². The molecule has 0 N–H and O–H groups in total. The molecule has 0 bridgehead atoms. The fraction of sp³-hybridized carbons (Fsp3) is 0.429. The van der Waals surface area contributed by atoms with Gasteiger partial charge in [0.2, 0.25) is 0 Å². The molecule has 0 aliphatic carbocycles. The summed E-state index contributed by atoms with van der Waals surface area (Å²) in [4.78, 5) is 17.7. The molecule has 4 nitrogen and oxygen atoms in total. The van der Waals surface area contributed by atoms with Gasteiger partial charge in [0.05, 0.1) is 0 Å². The van der Waals surface area contributed by atoms with Crippen molar-refractivity contribution in [1.29, 1.82) is 0 Å². The van der Waals surface area contributed by atoms with Crippen molar-refractivity contribution in [3.63, 3.8) is 0 Å². The first-order chi connectivity index (χ1) is 6.22. The molecule has 0 saturated heterocycles. The van der Waals surface area contributed by atoms with E-state index in [1.165, 1.54) is 18.0 Å². The van der Waals surface area contributed by atoms with Gasteiger partial charge in [0.25, 0.3) is 0 Å². The van der Waals surface area contributed by atoms with E-state index in [0.29, 0.717) is 11.7 Å². The minimum absolute atomic E-state index is 0.00583. The van der Waals surface area contributed by atoms with E-state index < -0.39 is 5.97 Å². The smallest absolute Gasteiger partial charge is 0.325 e. The molecule has 1 aromatic rings. The quantitative estimate of drug-likeness (QED) is 0.702. The lowest BCUT2D eigenvalue weighted by Gasteiger charge is -1.98. The van der Waals surface area contributed by atoms with Gasteiger partial charge in [0.1, 0.15) is 0 Å². The average Bonchev–Trinajstić information content (AvgIpc) is 2.59. The second kappa shape index (κ2) is 4.27. The fourth-order valence-electron chi connectivity index (χ4n) is 0.926. The number of carbonyl (C=O) groups excluding carboxylic acids is 1. The molecule has 0 saturated carbocycles. The lowest BCUT2D eigenvalue weighted by atomic mass is 10.5. The van der Waals surface area contributed by atoms with Crippen molar-refractivity contribution < 1.29 is 14.3 Å². The van der Waals surface area contributed by atoms with E-state index in [9.17, 15) is 9.32 Å². The highest BCUT2D eigenvalue weighted by Crippen LogP contribution is 2.14. The Morgan fingerprint density at radius 2 is 2.54 bits per heavy atom. The van der Waals surface area contributed by atoms with Gasteiger partial charge in [-0.1, -0.05) is 11.8 Å². The average molecular weight is 204 g/mol. The molecule has 0 radical (unpaired) electrons. The van der Waals surface area contributed by atoms with Crippen molar-refractivity contribution in [2.45, 2.75) is 18.6 Å². The van der Waals surface area contributed by atoms with Crippen LogP contribution in [0, 0.1) is 0 Å². The number of hydrogen-bond acceptors (Lipinski definition) is 4. The predicted molar refractivity (Wildman–Crippen MR) is 46.2 cm³/mol. The van der Waals surface area contributed by atoms with Gasteiger partial charge >= 0.3 is 5.97 Å². The maximum Gasteiger partial charge on any atom is 0.399 e. The Morgan fingerprint density at radius 1 is 1.85 bits per heavy atom. The Morgan fingerprint density at radius 3 is 2.92 bits per heavy atom. The molecule has 1 rings (SSSR count). The van der Waals surface area contributed by atoms with Crippen molar-refractivity contribution in [3.05, 3.63) is 11.9 Å². The summed E-state index contributed by atoms with van der Waals surface area (Å²) in [7, 11) is 0. The first-order valence-corrected chi connectivity index (χ1v) is 4.89. The van der Waals surface area contributed by atoms with Crippen LogP contribution in [0.4, 0.5) is 4.53 Å². The molecule has 0 spiro atoms. The minimum Gasteiger partial charge on any atom is -0.325 e. The summed E-state index contributed by atoms with van der Waals surface area (Å²) in [5.41, 5.74) is -0.00583. The van der Waals surface area contributed by atoms with Gasteiger partial charge in [-0.3, -0.25) is 0 Å². The summed E-state index contributed by atoms with van der Waals surface area (Å²) >= 11 is 1.39. The van der Waals surface area contributed by atoms with Crippen LogP contribution in [0.25, 0.3) is 0 Å². The van der Waals surface area contributed by atoms with Gasteiger partial charge < -0.3 is 4.57 Å². The molecule has 72 valence electrons. The van der Waals surface area contributed by atoms with Crippen molar-refractivity contribution in [1.82, 2.24) is 9.55 Å². The zero-order valence-corrected chi connectivity index (χ0v) is 8.10. The third-order valence-corrected chi connectivity index (χ3v) is 2.23. The van der Waals surface area contributed by atoms with Crippen LogP contribution in [-0.4, -0.2) is 21.8 Å². The number of imidazole rings is 1. The SMILES string of the molecule is CCn1cc(C(=O)OF)nc1SC. The number of thioether (sulfide) groups is 1. The standard InChI is InChI=1S/C7H9FN2O2S/c1-3-10-4-5(6(11)12-8)9-7(10)13-2/h4H,3H2,1-2H3. The van der Waals surface area contributed by atoms with Crippen molar-refractivity contribution >= 4 is 17.7 Å². The van der Waals surface area contributed by atoms with Gasteiger partial charge in [0, 0.05) is 17.3 Å². The summed E-state index contributed by atoms with van der Waals surface area (Å²) in [5, 5.41) is 0.669. The number of nitrogens with zero attached hydrogens (tertiary/aromatic N) is 2. The highest BCUT2D eigenvalue weighted by Gasteiger charge is 2.14. The maximum atomic E-state index is 11.5. The van der Waals surface area contributed by atoms with E-state index in [4.69, 9.17) is 0 Å². The number of aromatic nitrogens is 2. The molecule has 6 heteroatoms. The molecule has 0 aliphatic rings. The minimum atomic E-state index is -1.05. The molecular formula is C7H9FN2O2S. The largest absolute Gasteiger partial charge is 0.399 e. The lowest BCUT2D eigenvalue weighted by molar-refractivity contribution is -0.0793. The Labute approximate surface area is 79.0 Å². The van der Waals surface area contributed by atoms with Crippen molar-refractivity contribution in [2.75, 3.05) is 6.26 Å². The van der Waals surface area contributed by atoms with E-state index in [1.54, 1.807) is 4.57 Å². The van der Waals surface area contributed by atoms with Crippen LogP contribution in [0.1, 0.15) is 17.4 Å². The Bertz CT molecular complexity index is 292. The molecule has 0 aromatic carbocycles. The van der Waals surface area contributed by atoms with Gasteiger partial charge in [0.15, 0.2) is 10.9 Å². The van der Waals surface area contributed by atoms with Crippen LogP contribution in [0.15, 0.2) is 11.4 Å². The summed E-state index contributed by atoms with van der Waals surface area (Å²) in [6.07, 6.45) is 3.30. The third kappa shape index (κ3) is 2.00. The number of halogens is 1. The highest BCUT2D eigenvalue weighted by molar-refractivity contribution is 7.98. The third-order valence-electron chi connectivity index (χ3n) is 1.54. The lowest BCUT2D eigenvalue weighted by Crippen LogP contribution is -1.98. The fourth-order valence-corrected chi connectivity index (χ4v) is 1.53. The first-order valence-electron chi connectivity index (χ1n) is 3.67. The molecule has 0 fully saturated rings. The highest BCUT2D eigenvalue weighted by atomic mass is 32.2. The monoisotopic (exact) mass is 204 g/mol. The second-order valence-electron chi connectivity index (χ2n) is 2.26. The molecule has 13 heavy (non-hydrogen) atoms. The summed E-state index contributed by atoms with van der Waals surface area (Å²) in [6, 6.07) is 0. The molecule has 1 aromatic heterocycles. The van der Waals surface area contributed by atoms with E-state index >= 15 is 0 Å². The number of carbonyl (C=O) groups is 1. The van der Waals surface area contributed by atoms with Gasteiger partial charge in [-0.25, -0.2) is 14.7 Å². The molecule has 1 heterocycles. The summed E-state index contributed by atoms with van der Waals surface area (Å²) in [6.45, 7) is 2.59. The first kappa shape index (κ1) is 10.0. The maximum absolute atomic E-state index is 11.5. The number of aryl methyl sites for hydroxylation is 1. The van der Waals surface area contributed by atoms with Crippen molar-refractivity contribution in [2.24, 2.45) is 0 Å². The van der Waals surface area contributed by atoms with Crippen LogP contribution >= 0.6 is 11.8 Å². The topological polar surface area (TPSA) is 44.1 Å². The molecule has 0 unspecified atom stereocenters. The second-order valence-corrected chi connectivity index (χ2v) is 3.04. The molecule has 0 aliphatic heterocycles. The molecule has 0 amide bonds. The van der Waals surface area contributed by atoms with E-state index in [-0.39, 0.29) is 5.69 Å². The van der Waals surface area contributed by atoms with E-state index in [0.717, 1.165) is 0 Å². The van der Waals surface area contributed by atoms with Crippen LogP contribution in [0.5, 0.6) is 0 Å². The number of rotatable bonds is 3. The zero-order chi connectivity index (χ0) is 9.84. The van der Waals surface area contributed by atoms with E-state index in [2.05, 4.69) is 9.93 Å². The molecule has 0 atom stereocenters. The predicted octanol–water partition coefficient (Wildman–Crippen LogP) is 1.67. The Hall–Kier alpha value is -1.04. The van der Waals surface area contributed by atoms with Crippen LogP contribution in [0.2, 0.25) is 0 Å². The van der Waals surface area contributed by atoms with E-state index in [1.807, 2.05) is 13.2 Å². The number of hydrogen-bond donors (Lipinski definition) is 0. The van der Waals surface area contributed by atoms with Gasteiger partial charge in [-0.2, -0.15) is 0 Å².